The molecule has 1 saturated heterocycles. The molecule has 0 atom stereocenters. The zero-order valence-corrected chi connectivity index (χ0v) is 12.3. The van der Waals surface area contributed by atoms with Gasteiger partial charge in [0.25, 0.3) is 0 Å². The van der Waals surface area contributed by atoms with Gasteiger partial charge in [0.05, 0.1) is 18.1 Å². The molecule has 110 valence electrons. The Labute approximate surface area is 126 Å². The molecule has 0 spiro atoms. The van der Waals surface area contributed by atoms with Crippen LogP contribution in [0.25, 0.3) is 0 Å². The van der Waals surface area contributed by atoms with Crippen LogP contribution in [-0.2, 0) is 13.0 Å². The first-order chi connectivity index (χ1) is 10.3. The molecule has 4 nitrogen and oxygen atoms in total. The summed E-state index contributed by atoms with van der Waals surface area (Å²) in [5, 5.41) is 0. The molecule has 0 amide bonds. The lowest BCUT2D eigenvalue weighted by Gasteiger charge is -2.31. The summed E-state index contributed by atoms with van der Waals surface area (Å²) in [7, 11) is 0. The molecule has 0 saturated carbocycles. The van der Waals surface area contributed by atoms with E-state index in [0.717, 1.165) is 31.2 Å². The van der Waals surface area contributed by atoms with Crippen molar-refractivity contribution in [3.8, 4) is 0 Å². The van der Waals surface area contributed by atoms with Gasteiger partial charge in [0.1, 0.15) is 5.82 Å². The number of likely N-dealkylation sites (tertiary alicyclic amines) is 1. The van der Waals surface area contributed by atoms with E-state index < -0.39 is 0 Å². The van der Waals surface area contributed by atoms with Gasteiger partial charge in [-0.05, 0) is 43.8 Å². The van der Waals surface area contributed by atoms with Gasteiger partial charge in [0.15, 0.2) is 0 Å². The van der Waals surface area contributed by atoms with Gasteiger partial charge < -0.3 is 5.73 Å². The molecule has 3 rings (SSSR count). The van der Waals surface area contributed by atoms with E-state index >= 15 is 0 Å². The van der Waals surface area contributed by atoms with Gasteiger partial charge in [-0.3, -0.25) is 9.88 Å². The standard InChI is InChI=1S/C17H22N4/c18-17-12-19-16(11-20-17)13-21-8-6-15(7-9-21)10-14-4-2-1-3-5-14/h1-5,11-12,15H,6-10,13H2,(H2,18,20). The highest BCUT2D eigenvalue weighted by molar-refractivity contribution is 5.22. The minimum absolute atomic E-state index is 0.486. The molecule has 0 bridgehead atoms. The van der Waals surface area contributed by atoms with Crippen LogP contribution in [0.4, 0.5) is 5.82 Å². The van der Waals surface area contributed by atoms with Crippen molar-refractivity contribution in [1.29, 1.82) is 0 Å². The molecule has 1 fully saturated rings. The van der Waals surface area contributed by atoms with E-state index in [-0.39, 0.29) is 0 Å². The molecule has 2 N–H and O–H groups in total. The zero-order chi connectivity index (χ0) is 14.5. The van der Waals surface area contributed by atoms with Gasteiger partial charge in [-0.2, -0.15) is 0 Å². The van der Waals surface area contributed by atoms with Gasteiger partial charge >= 0.3 is 0 Å². The van der Waals surface area contributed by atoms with Crippen molar-refractivity contribution in [2.45, 2.75) is 25.8 Å². The summed E-state index contributed by atoms with van der Waals surface area (Å²) >= 11 is 0. The van der Waals surface area contributed by atoms with Gasteiger partial charge in [-0.25, -0.2) is 4.98 Å². The van der Waals surface area contributed by atoms with Gasteiger partial charge in [-0.15, -0.1) is 0 Å². The van der Waals surface area contributed by atoms with Crippen molar-refractivity contribution in [3.05, 3.63) is 54.0 Å². The fourth-order valence-corrected chi connectivity index (χ4v) is 2.97. The van der Waals surface area contributed by atoms with Crippen LogP contribution < -0.4 is 5.73 Å². The maximum Gasteiger partial charge on any atom is 0.141 e. The molecule has 2 heterocycles. The van der Waals surface area contributed by atoms with E-state index in [2.05, 4.69) is 45.2 Å². The van der Waals surface area contributed by atoms with Crippen LogP contribution >= 0.6 is 0 Å². The topological polar surface area (TPSA) is 55.0 Å². The van der Waals surface area contributed by atoms with E-state index in [0.29, 0.717) is 5.82 Å². The van der Waals surface area contributed by atoms with Crippen molar-refractivity contribution in [2.24, 2.45) is 5.92 Å². The molecule has 21 heavy (non-hydrogen) atoms. The quantitative estimate of drug-likeness (QED) is 0.936. The summed E-state index contributed by atoms with van der Waals surface area (Å²) in [4.78, 5) is 10.9. The first-order valence-corrected chi connectivity index (χ1v) is 7.62. The average molecular weight is 282 g/mol. The summed E-state index contributed by atoms with van der Waals surface area (Å²) in [6.07, 6.45) is 7.15. The predicted molar refractivity (Wildman–Crippen MR) is 84.6 cm³/mol. The molecule has 2 aromatic rings. The lowest BCUT2D eigenvalue weighted by molar-refractivity contribution is 0.175. The van der Waals surface area contributed by atoms with Crippen LogP contribution in [0.5, 0.6) is 0 Å². The second-order valence-electron chi connectivity index (χ2n) is 5.84. The van der Waals surface area contributed by atoms with Crippen molar-refractivity contribution in [2.75, 3.05) is 18.8 Å². The summed E-state index contributed by atoms with van der Waals surface area (Å²) in [5.74, 6) is 1.29. The third-order valence-electron chi connectivity index (χ3n) is 4.19. The largest absolute Gasteiger partial charge is 0.382 e. The lowest BCUT2D eigenvalue weighted by atomic mass is 9.90. The normalized spacial score (nSPS) is 17.0. The summed E-state index contributed by atoms with van der Waals surface area (Å²) in [5.41, 5.74) is 8.03. The third kappa shape index (κ3) is 4.02. The predicted octanol–water partition coefficient (Wildman–Crippen LogP) is 2.51. The minimum atomic E-state index is 0.486. The second kappa shape index (κ2) is 6.68. The molecule has 0 unspecified atom stereocenters. The van der Waals surface area contributed by atoms with E-state index in [1.165, 1.54) is 24.8 Å². The summed E-state index contributed by atoms with van der Waals surface area (Å²) < 4.78 is 0. The van der Waals surface area contributed by atoms with Crippen LogP contribution in [-0.4, -0.2) is 28.0 Å². The van der Waals surface area contributed by atoms with Gasteiger partial charge in [0.2, 0.25) is 0 Å². The maximum atomic E-state index is 5.56. The summed E-state index contributed by atoms with van der Waals surface area (Å²) in [6.45, 7) is 3.17. The van der Waals surface area contributed by atoms with Crippen molar-refractivity contribution in [1.82, 2.24) is 14.9 Å². The Kier molecular flexibility index (Phi) is 4.46. The molecule has 1 aliphatic rings. The molecular weight excluding hydrogens is 260 g/mol. The Morgan fingerprint density at radius 1 is 1.05 bits per heavy atom. The molecule has 1 aromatic heterocycles. The third-order valence-corrected chi connectivity index (χ3v) is 4.19. The fraction of sp³-hybridized carbons (Fsp3) is 0.412. The Morgan fingerprint density at radius 3 is 2.48 bits per heavy atom. The average Bonchev–Trinajstić information content (AvgIpc) is 2.53. The summed E-state index contributed by atoms with van der Waals surface area (Å²) in [6, 6.07) is 10.8. The number of benzene rings is 1. The molecule has 1 aromatic carbocycles. The Bertz CT molecular complexity index is 545. The molecular formula is C17H22N4. The van der Waals surface area contributed by atoms with E-state index in [9.17, 15) is 0 Å². The number of nitrogens with two attached hydrogens (primary N) is 1. The smallest absolute Gasteiger partial charge is 0.141 e. The number of nitrogens with zero attached hydrogens (tertiary/aromatic N) is 3. The number of hydrogen-bond acceptors (Lipinski definition) is 4. The van der Waals surface area contributed by atoms with E-state index in [1.54, 1.807) is 12.4 Å². The van der Waals surface area contributed by atoms with Crippen LogP contribution in [0.2, 0.25) is 0 Å². The molecule has 0 radical (unpaired) electrons. The maximum absolute atomic E-state index is 5.56. The molecule has 0 aliphatic carbocycles. The van der Waals surface area contributed by atoms with Crippen LogP contribution in [0.15, 0.2) is 42.7 Å². The number of anilines is 1. The molecule has 4 heteroatoms. The van der Waals surface area contributed by atoms with Crippen molar-refractivity contribution < 1.29 is 0 Å². The van der Waals surface area contributed by atoms with Crippen LogP contribution in [0.3, 0.4) is 0 Å². The highest BCUT2D eigenvalue weighted by atomic mass is 15.1. The van der Waals surface area contributed by atoms with Crippen molar-refractivity contribution in [3.63, 3.8) is 0 Å². The highest BCUT2D eigenvalue weighted by Gasteiger charge is 2.19. The Hall–Kier alpha value is -1.94. The van der Waals surface area contributed by atoms with Gasteiger partial charge in [0, 0.05) is 6.54 Å². The monoisotopic (exact) mass is 282 g/mol. The number of nitrogen functional groups attached to an aromatic ring is 1. The second-order valence-corrected chi connectivity index (χ2v) is 5.84. The fourth-order valence-electron chi connectivity index (χ4n) is 2.97. The number of hydrogen-bond donors (Lipinski definition) is 1. The highest BCUT2D eigenvalue weighted by Crippen LogP contribution is 2.22. The number of rotatable bonds is 4. The van der Waals surface area contributed by atoms with Crippen molar-refractivity contribution >= 4 is 5.82 Å². The first kappa shape index (κ1) is 14.0. The van der Waals surface area contributed by atoms with Crippen LogP contribution in [0, 0.1) is 5.92 Å². The lowest BCUT2D eigenvalue weighted by Crippen LogP contribution is -2.34. The van der Waals surface area contributed by atoms with E-state index in [1.807, 2.05) is 0 Å². The SMILES string of the molecule is Nc1cnc(CN2CCC(Cc3ccccc3)CC2)cn1. The Morgan fingerprint density at radius 2 is 1.81 bits per heavy atom. The number of piperidine rings is 1. The van der Waals surface area contributed by atoms with E-state index in [4.69, 9.17) is 5.73 Å². The molecule has 1 aliphatic heterocycles. The zero-order valence-electron chi connectivity index (χ0n) is 12.3. The minimum Gasteiger partial charge on any atom is -0.382 e. The number of aromatic nitrogens is 2. The first-order valence-electron chi connectivity index (χ1n) is 7.62. The Balaban J connectivity index is 1.47. The van der Waals surface area contributed by atoms with Gasteiger partial charge in [-0.1, -0.05) is 30.3 Å². The van der Waals surface area contributed by atoms with Crippen LogP contribution in [0.1, 0.15) is 24.1 Å².